The number of benzene rings is 1. The van der Waals surface area contributed by atoms with Gasteiger partial charge in [0.2, 0.25) is 5.91 Å². The number of carbonyl (C=O) groups is 2. The van der Waals surface area contributed by atoms with Gasteiger partial charge in [0.25, 0.3) is 0 Å². The summed E-state index contributed by atoms with van der Waals surface area (Å²) < 4.78 is 54.1. The summed E-state index contributed by atoms with van der Waals surface area (Å²) in [6, 6.07) is 7.08. The standard InChI is InChI=1S/C28H38FN6O8P/c1-6-10-21(37)33-24-22-25(31-15-30-24)35(16-32-22)26-23(29)28(5,14-36)20(42-26)13-40-44(39,43-19-11-8-7-9-12-19)34-18(4)27(38)41-17(2)3/h7-9,11-12,15-18,20,23,26,36H,6,10,13-14H2,1-5H3,(H,34,39)(H,30,31,33,37)/t18-,20+,23?,26+,28?,44?/m0/s1. The highest BCUT2D eigenvalue weighted by atomic mass is 31.2. The van der Waals surface area contributed by atoms with Gasteiger partial charge in [0.1, 0.15) is 18.1 Å². The number of alkyl halides is 1. The normalized spacial score (nSPS) is 23.8. The number of rotatable bonds is 14. The SMILES string of the molecule is CCCC(=O)Nc1ncnc2c1ncn2[C@@H]1O[C@H](COP(=O)(N[C@@H](C)C(=O)OC(C)C)Oc2ccccc2)C(C)(CO)C1F. The lowest BCUT2D eigenvalue weighted by Crippen LogP contribution is -2.42. The van der Waals surface area contributed by atoms with E-state index in [1.54, 1.807) is 44.2 Å². The summed E-state index contributed by atoms with van der Waals surface area (Å²) in [5.41, 5.74) is -1.10. The number of anilines is 1. The van der Waals surface area contributed by atoms with Crippen LogP contribution in [0.4, 0.5) is 10.2 Å². The van der Waals surface area contributed by atoms with E-state index in [4.69, 9.17) is 18.5 Å². The molecule has 44 heavy (non-hydrogen) atoms. The number of ether oxygens (including phenoxy) is 2. The lowest BCUT2D eigenvalue weighted by molar-refractivity contribution is -0.149. The fraction of sp³-hybridized carbons (Fsp3) is 0.536. The molecular weight excluding hydrogens is 598 g/mol. The number of aliphatic hydroxyl groups is 1. The highest BCUT2D eigenvalue weighted by Crippen LogP contribution is 2.50. The number of carbonyl (C=O) groups excluding carboxylic acids is 2. The van der Waals surface area contributed by atoms with E-state index in [-0.39, 0.29) is 35.1 Å². The summed E-state index contributed by atoms with van der Waals surface area (Å²) in [6.07, 6.45) is -1.22. The van der Waals surface area contributed by atoms with Crippen LogP contribution < -0.4 is 14.9 Å². The highest BCUT2D eigenvalue weighted by Gasteiger charge is 2.56. The zero-order valence-corrected chi connectivity index (χ0v) is 26.1. The van der Waals surface area contributed by atoms with E-state index in [1.807, 2.05) is 6.92 Å². The highest BCUT2D eigenvalue weighted by molar-refractivity contribution is 7.52. The third-order valence-electron chi connectivity index (χ3n) is 7.05. The van der Waals surface area contributed by atoms with Crippen molar-refractivity contribution in [3.05, 3.63) is 43.0 Å². The number of nitrogens with one attached hydrogen (secondary N) is 2. The second-order valence-electron chi connectivity index (χ2n) is 11.0. The Morgan fingerprint density at radius 2 is 1.93 bits per heavy atom. The number of esters is 1. The molecule has 3 heterocycles. The van der Waals surface area contributed by atoms with Crippen LogP contribution in [-0.4, -0.2) is 74.1 Å². The van der Waals surface area contributed by atoms with Crippen molar-refractivity contribution >= 4 is 36.6 Å². The van der Waals surface area contributed by atoms with Crippen LogP contribution in [0, 0.1) is 5.41 Å². The third-order valence-corrected chi connectivity index (χ3v) is 8.69. The van der Waals surface area contributed by atoms with Gasteiger partial charge in [-0.15, -0.1) is 0 Å². The fourth-order valence-corrected chi connectivity index (χ4v) is 6.06. The average molecular weight is 637 g/mol. The Bertz CT molecular complexity index is 1490. The first-order chi connectivity index (χ1) is 20.9. The molecule has 1 aliphatic rings. The molecule has 3 aromatic rings. The first-order valence-electron chi connectivity index (χ1n) is 14.3. The predicted molar refractivity (Wildman–Crippen MR) is 157 cm³/mol. The number of para-hydroxylation sites is 1. The van der Waals surface area contributed by atoms with Crippen molar-refractivity contribution in [3.8, 4) is 5.75 Å². The minimum atomic E-state index is -4.29. The van der Waals surface area contributed by atoms with Crippen molar-refractivity contribution in [1.29, 1.82) is 0 Å². The lowest BCUT2D eigenvalue weighted by atomic mass is 9.82. The van der Waals surface area contributed by atoms with Crippen molar-refractivity contribution in [2.45, 2.75) is 78.1 Å². The van der Waals surface area contributed by atoms with Crippen LogP contribution in [0.2, 0.25) is 0 Å². The molecule has 3 unspecified atom stereocenters. The summed E-state index contributed by atoms with van der Waals surface area (Å²) in [4.78, 5) is 37.2. The molecule has 0 spiro atoms. The second-order valence-corrected chi connectivity index (χ2v) is 12.7. The van der Waals surface area contributed by atoms with E-state index >= 15 is 4.39 Å². The summed E-state index contributed by atoms with van der Waals surface area (Å²) in [6.45, 7) is 7.00. The number of hydrogen-bond donors (Lipinski definition) is 3. The van der Waals surface area contributed by atoms with Crippen LogP contribution in [0.15, 0.2) is 43.0 Å². The molecule has 2 aromatic heterocycles. The first-order valence-corrected chi connectivity index (χ1v) is 15.8. The maximum atomic E-state index is 16.1. The van der Waals surface area contributed by atoms with Gasteiger partial charge in [-0.05, 0) is 39.3 Å². The minimum absolute atomic E-state index is 0.167. The number of imidazole rings is 1. The maximum absolute atomic E-state index is 16.1. The number of amides is 1. The van der Waals surface area contributed by atoms with Gasteiger partial charge in [-0.25, -0.2) is 23.9 Å². The lowest BCUT2D eigenvalue weighted by Gasteiger charge is -2.30. The monoisotopic (exact) mass is 636 g/mol. The molecule has 1 aliphatic heterocycles. The first kappa shape index (κ1) is 33.4. The molecule has 0 radical (unpaired) electrons. The molecule has 3 N–H and O–H groups in total. The van der Waals surface area contributed by atoms with Crippen LogP contribution >= 0.6 is 7.75 Å². The van der Waals surface area contributed by atoms with Crippen molar-refractivity contribution in [3.63, 3.8) is 0 Å². The molecule has 0 saturated carbocycles. The quantitative estimate of drug-likeness (QED) is 0.172. The van der Waals surface area contributed by atoms with E-state index in [2.05, 4.69) is 25.4 Å². The van der Waals surface area contributed by atoms with Crippen LogP contribution in [0.3, 0.4) is 0 Å². The zero-order chi connectivity index (χ0) is 32.1. The minimum Gasteiger partial charge on any atom is -0.462 e. The molecule has 1 aromatic carbocycles. The molecule has 0 bridgehead atoms. The predicted octanol–water partition coefficient (Wildman–Crippen LogP) is 3.93. The number of nitrogens with zero attached hydrogens (tertiary/aromatic N) is 4. The number of aliphatic hydroxyl groups excluding tert-OH is 1. The summed E-state index contributed by atoms with van der Waals surface area (Å²) in [5.74, 6) is -0.575. The molecule has 16 heteroatoms. The Balaban J connectivity index is 1.57. The van der Waals surface area contributed by atoms with Gasteiger partial charge in [-0.1, -0.05) is 32.0 Å². The van der Waals surface area contributed by atoms with Crippen molar-refractivity contribution < 1.29 is 42.2 Å². The van der Waals surface area contributed by atoms with E-state index in [9.17, 15) is 19.3 Å². The molecule has 0 aliphatic carbocycles. The molecule has 240 valence electrons. The molecule has 1 fully saturated rings. The Morgan fingerprint density at radius 1 is 1.20 bits per heavy atom. The average Bonchev–Trinajstić information content (AvgIpc) is 3.51. The molecule has 4 rings (SSSR count). The van der Waals surface area contributed by atoms with Crippen LogP contribution in [-0.2, 0) is 28.2 Å². The summed E-state index contributed by atoms with van der Waals surface area (Å²) in [7, 11) is -4.29. The van der Waals surface area contributed by atoms with Crippen molar-refractivity contribution in [1.82, 2.24) is 24.6 Å². The fourth-order valence-electron chi connectivity index (χ4n) is 4.57. The van der Waals surface area contributed by atoms with E-state index < -0.39 is 63.0 Å². The molecule has 14 nitrogen and oxygen atoms in total. The van der Waals surface area contributed by atoms with Crippen LogP contribution in [0.25, 0.3) is 11.2 Å². The van der Waals surface area contributed by atoms with Gasteiger partial charge < -0.3 is 24.4 Å². The molecule has 1 saturated heterocycles. The van der Waals surface area contributed by atoms with Crippen molar-refractivity contribution in [2.75, 3.05) is 18.5 Å². The van der Waals surface area contributed by atoms with Gasteiger partial charge in [0.15, 0.2) is 29.4 Å². The number of fused-ring (bicyclic) bond motifs is 1. The number of hydrogen-bond acceptors (Lipinski definition) is 11. The van der Waals surface area contributed by atoms with E-state index in [1.165, 1.54) is 31.1 Å². The zero-order valence-electron chi connectivity index (χ0n) is 25.2. The third kappa shape index (κ3) is 7.41. The molecule has 6 atom stereocenters. The maximum Gasteiger partial charge on any atom is 0.459 e. The topological polar surface area (TPSA) is 176 Å². The Morgan fingerprint density at radius 3 is 2.59 bits per heavy atom. The van der Waals surface area contributed by atoms with Gasteiger partial charge in [-0.3, -0.25) is 18.7 Å². The summed E-state index contributed by atoms with van der Waals surface area (Å²) >= 11 is 0. The van der Waals surface area contributed by atoms with Crippen molar-refractivity contribution in [2.24, 2.45) is 5.41 Å². The van der Waals surface area contributed by atoms with Gasteiger partial charge >= 0.3 is 13.7 Å². The molecular formula is C28H38FN6O8P. The smallest absolute Gasteiger partial charge is 0.459 e. The largest absolute Gasteiger partial charge is 0.462 e. The van der Waals surface area contributed by atoms with Gasteiger partial charge in [-0.2, -0.15) is 5.09 Å². The number of halogens is 1. The Labute approximate surface area is 254 Å². The van der Waals surface area contributed by atoms with E-state index in [0.717, 1.165) is 0 Å². The van der Waals surface area contributed by atoms with E-state index in [0.29, 0.717) is 6.42 Å². The van der Waals surface area contributed by atoms with Crippen LogP contribution in [0.5, 0.6) is 5.75 Å². The number of aromatic nitrogens is 4. The van der Waals surface area contributed by atoms with Gasteiger partial charge in [0.05, 0.1) is 37.2 Å². The Hall–Kier alpha value is -3.49. The van der Waals surface area contributed by atoms with Crippen LogP contribution in [0.1, 0.15) is 53.7 Å². The summed E-state index contributed by atoms with van der Waals surface area (Å²) in [5, 5.41) is 15.6. The Kier molecular flexibility index (Phi) is 10.7. The van der Waals surface area contributed by atoms with Gasteiger partial charge in [0, 0.05) is 6.42 Å². The second kappa shape index (κ2) is 14.1. The molecule has 1 amide bonds.